The van der Waals surface area contributed by atoms with E-state index in [0.29, 0.717) is 12.0 Å². The van der Waals surface area contributed by atoms with E-state index in [1.165, 1.54) is 0 Å². The van der Waals surface area contributed by atoms with E-state index in [1.807, 2.05) is 6.92 Å². The van der Waals surface area contributed by atoms with E-state index in [4.69, 9.17) is 0 Å². The summed E-state index contributed by atoms with van der Waals surface area (Å²) in [6, 6.07) is -0.145. The number of carbonyl (C=O) groups is 1. The fourth-order valence-electron chi connectivity index (χ4n) is 3.60. The molecule has 1 aromatic rings. The van der Waals surface area contributed by atoms with Gasteiger partial charge in [-0.05, 0) is 33.1 Å². The minimum absolute atomic E-state index is 0.103. The molecule has 1 aliphatic carbocycles. The van der Waals surface area contributed by atoms with Gasteiger partial charge in [0.05, 0.1) is 29.3 Å². The largest absolute Gasteiger partial charge is 0.347 e. The zero-order chi connectivity index (χ0) is 16.0. The van der Waals surface area contributed by atoms with Gasteiger partial charge in [-0.3, -0.25) is 9.48 Å². The fourth-order valence-corrected chi connectivity index (χ4v) is 5.30. The van der Waals surface area contributed by atoms with Crippen molar-refractivity contribution in [1.29, 1.82) is 0 Å². The molecule has 0 bridgehead atoms. The van der Waals surface area contributed by atoms with E-state index in [-0.39, 0.29) is 29.0 Å². The summed E-state index contributed by atoms with van der Waals surface area (Å²) in [7, 11) is -2.96. The van der Waals surface area contributed by atoms with Gasteiger partial charge < -0.3 is 5.32 Å². The van der Waals surface area contributed by atoms with Crippen molar-refractivity contribution < 1.29 is 13.2 Å². The molecular formula is C15H23N3O3S. The SMILES string of the molecule is Cc1c(C(=O)NC2(C)CCCC2)cnn1[C@H]1CCS(=O)(=O)C1. The summed E-state index contributed by atoms with van der Waals surface area (Å²) >= 11 is 0. The highest BCUT2D eigenvalue weighted by Gasteiger charge is 2.33. The predicted octanol–water partition coefficient (Wildman–Crippen LogP) is 1.61. The fraction of sp³-hybridized carbons (Fsp3) is 0.733. The Kier molecular flexibility index (Phi) is 3.79. The van der Waals surface area contributed by atoms with Gasteiger partial charge in [0.2, 0.25) is 0 Å². The zero-order valence-electron chi connectivity index (χ0n) is 13.1. The number of hydrogen-bond donors (Lipinski definition) is 1. The molecular weight excluding hydrogens is 302 g/mol. The van der Waals surface area contributed by atoms with Crippen LogP contribution in [0.5, 0.6) is 0 Å². The van der Waals surface area contributed by atoms with Crippen molar-refractivity contribution in [3.05, 3.63) is 17.5 Å². The van der Waals surface area contributed by atoms with E-state index < -0.39 is 9.84 Å². The van der Waals surface area contributed by atoms with Crippen LogP contribution in [0.4, 0.5) is 0 Å². The summed E-state index contributed by atoms with van der Waals surface area (Å²) in [5.41, 5.74) is 1.18. The lowest BCUT2D eigenvalue weighted by molar-refractivity contribution is 0.0907. The third-order valence-corrected chi connectivity index (χ3v) is 6.72. The Hall–Kier alpha value is -1.37. The van der Waals surface area contributed by atoms with Crippen LogP contribution in [0.15, 0.2) is 6.20 Å². The quantitative estimate of drug-likeness (QED) is 0.915. The number of amides is 1. The molecule has 1 N–H and O–H groups in total. The molecule has 0 radical (unpaired) electrons. The number of rotatable bonds is 3. The summed E-state index contributed by atoms with van der Waals surface area (Å²) in [5, 5.41) is 7.40. The monoisotopic (exact) mass is 325 g/mol. The third-order valence-electron chi connectivity index (χ3n) is 4.97. The molecule has 0 unspecified atom stereocenters. The first-order valence-electron chi connectivity index (χ1n) is 7.87. The smallest absolute Gasteiger partial charge is 0.255 e. The van der Waals surface area contributed by atoms with Crippen molar-refractivity contribution >= 4 is 15.7 Å². The van der Waals surface area contributed by atoms with Gasteiger partial charge in [0.25, 0.3) is 5.91 Å². The maximum absolute atomic E-state index is 12.5. The maximum Gasteiger partial charge on any atom is 0.255 e. The molecule has 22 heavy (non-hydrogen) atoms. The van der Waals surface area contributed by atoms with Crippen molar-refractivity contribution in [3.63, 3.8) is 0 Å². The lowest BCUT2D eigenvalue weighted by Gasteiger charge is -2.25. The summed E-state index contributed by atoms with van der Waals surface area (Å²) in [6.45, 7) is 3.92. The van der Waals surface area contributed by atoms with Crippen LogP contribution in [0.25, 0.3) is 0 Å². The molecule has 7 heteroatoms. The summed E-state index contributed by atoms with van der Waals surface area (Å²) in [6.07, 6.45) is 6.45. The number of hydrogen-bond acceptors (Lipinski definition) is 4. The van der Waals surface area contributed by atoms with Crippen LogP contribution in [0.1, 0.15) is 61.1 Å². The van der Waals surface area contributed by atoms with Gasteiger partial charge in [-0.15, -0.1) is 0 Å². The number of sulfone groups is 1. The molecule has 2 aliphatic rings. The topological polar surface area (TPSA) is 81.1 Å². The molecule has 2 fully saturated rings. The first-order chi connectivity index (χ1) is 10.3. The van der Waals surface area contributed by atoms with Crippen molar-refractivity contribution in [3.8, 4) is 0 Å². The molecule has 2 heterocycles. The Labute approximate surface area is 131 Å². The highest BCUT2D eigenvalue weighted by atomic mass is 32.2. The normalized spacial score (nSPS) is 26.2. The molecule has 1 aliphatic heterocycles. The second-order valence-corrected chi connectivity index (χ2v) is 9.10. The first-order valence-corrected chi connectivity index (χ1v) is 9.69. The maximum atomic E-state index is 12.5. The second-order valence-electron chi connectivity index (χ2n) is 6.87. The standard InChI is InChI=1S/C15H23N3O3S/c1-11-13(14(19)17-15(2)6-3-4-7-15)9-16-18(11)12-5-8-22(20,21)10-12/h9,12H,3-8,10H2,1-2H3,(H,17,19)/t12-/m0/s1. The second kappa shape index (κ2) is 5.37. The Bertz CT molecular complexity index is 687. The lowest BCUT2D eigenvalue weighted by Crippen LogP contribution is -2.43. The Morgan fingerprint density at radius 3 is 2.68 bits per heavy atom. The Balaban J connectivity index is 1.77. The van der Waals surface area contributed by atoms with E-state index in [2.05, 4.69) is 17.3 Å². The Morgan fingerprint density at radius 1 is 1.41 bits per heavy atom. The molecule has 1 amide bonds. The minimum atomic E-state index is -2.96. The molecule has 1 atom stereocenters. The average Bonchev–Trinajstić information content (AvgIpc) is 3.09. The zero-order valence-corrected chi connectivity index (χ0v) is 13.9. The third kappa shape index (κ3) is 2.91. The van der Waals surface area contributed by atoms with Crippen LogP contribution in [0, 0.1) is 6.92 Å². The molecule has 122 valence electrons. The summed E-state index contributed by atoms with van der Waals surface area (Å²) in [4.78, 5) is 12.5. The molecule has 6 nitrogen and oxygen atoms in total. The van der Waals surface area contributed by atoms with E-state index in [1.54, 1.807) is 10.9 Å². The summed E-state index contributed by atoms with van der Waals surface area (Å²) < 4.78 is 24.9. The van der Waals surface area contributed by atoms with Crippen LogP contribution in [-0.4, -0.2) is 41.2 Å². The van der Waals surface area contributed by atoms with Crippen LogP contribution >= 0.6 is 0 Å². The van der Waals surface area contributed by atoms with Crippen LogP contribution < -0.4 is 5.32 Å². The van der Waals surface area contributed by atoms with Crippen molar-refractivity contribution in [2.24, 2.45) is 0 Å². The van der Waals surface area contributed by atoms with Crippen molar-refractivity contribution in [2.75, 3.05) is 11.5 Å². The molecule has 0 spiro atoms. The molecule has 3 rings (SSSR count). The van der Waals surface area contributed by atoms with Crippen molar-refractivity contribution in [2.45, 2.75) is 57.5 Å². The van der Waals surface area contributed by atoms with E-state index >= 15 is 0 Å². The van der Waals surface area contributed by atoms with Gasteiger partial charge in [-0.1, -0.05) is 12.8 Å². The highest BCUT2D eigenvalue weighted by Crippen LogP contribution is 2.30. The van der Waals surface area contributed by atoms with Crippen LogP contribution in [0.2, 0.25) is 0 Å². The average molecular weight is 325 g/mol. The van der Waals surface area contributed by atoms with Gasteiger partial charge in [-0.25, -0.2) is 8.42 Å². The summed E-state index contributed by atoms with van der Waals surface area (Å²) in [5.74, 6) is 0.221. The number of carbonyl (C=O) groups excluding carboxylic acids is 1. The number of nitrogens with one attached hydrogen (secondary N) is 1. The molecule has 1 saturated heterocycles. The lowest BCUT2D eigenvalue weighted by atomic mass is 10.00. The molecule has 0 aromatic carbocycles. The van der Waals surface area contributed by atoms with Crippen molar-refractivity contribution in [1.82, 2.24) is 15.1 Å². The van der Waals surface area contributed by atoms with E-state index in [0.717, 1.165) is 31.4 Å². The first kappa shape index (κ1) is 15.5. The van der Waals surface area contributed by atoms with Gasteiger partial charge in [-0.2, -0.15) is 5.10 Å². The van der Waals surface area contributed by atoms with Crippen LogP contribution in [-0.2, 0) is 9.84 Å². The van der Waals surface area contributed by atoms with Crippen LogP contribution in [0.3, 0.4) is 0 Å². The highest BCUT2D eigenvalue weighted by molar-refractivity contribution is 7.91. The molecule has 1 saturated carbocycles. The van der Waals surface area contributed by atoms with E-state index in [9.17, 15) is 13.2 Å². The van der Waals surface area contributed by atoms with Gasteiger partial charge in [0.1, 0.15) is 0 Å². The Morgan fingerprint density at radius 2 is 2.09 bits per heavy atom. The molecule has 1 aromatic heterocycles. The minimum Gasteiger partial charge on any atom is -0.347 e. The van der Waals surface area contributed by atoms with Gasteiger partial charge >= 0.3 is 0 Å². The number of aromatic nitrogens is 2. The predicted molar refractivity (Wildman–Crippen MR) is 83.6 cm³/mol. The van der Waals surface area contributed by atoms with Gasteiger partial charge in [0, 0.05) is 11.2 Å². The number of nitrogens with zero attached hydrogens (tertiary/aromatic N) is 2. The van der Waals surface area contributed by atoms with Gasteiger partial charge in [0.15, 0.2) is 9.84 Å².